The van der Waals surface area contributed by atoms with Gasteiger partial charge in [-0.25, -0.2) is 9.97 Å². The number of rotatable bonds is 5. The lowest BCUT2D eigenvalue weighted by Gasteiger charge is -2.20. The molecule has 0 saturated carbocycles. The number of allylic oxidation sites excluding steroid dienone is 1. The van der Waals surface area contributed by atoms with E-state index in [0.717, 1.165) is 16.6 Å². The summed E-state index contributed by atoms with van der Waals surface area (Å²) in [5.41, 5.74) is 1.39. The number of hydrogen-bond donors (Lipinski definition) is 2. The Balaban J connectivity index is 2.25. The number of fused-ring (bicyclic) bond motifs is 1. The third-order valence-corrected chi connectivity index (χ3v) is 2.88. The van der Waals surface area contributed by atoms with Crippen LogP contribution in [0.1, 0.15) is 33.3 Å². The summed E-state index contributed by atoms with van der Waals surface area (Å²) >= 11 is 0. The number of nitrogens with one attached hydrogen (secondary N) is 2. The number of ether oxygens (including phenoxy) is 1. The Kier molecular flexibility index (Phi) is 4.80. The van der Waals surface area contributed by atoms with Crippen molar-refractivity contribution in [3.05, 3.63) is 30.2 Å². The Morgan fingerprint density at radius 1 is 1.41 bits per heavy atom. The van der Waals surface area contributed by atoms with Gasteiger partial charge in [0.2, 0.25) is 11.8 Å². The highest BCUT2D eigenvalue weighted by Crippen LogP contribution is 2.28. The van der Waals surface area contributed by atoms with Gasteiger partial charge in [-0.3, -0.25) is 4.79 Å². The monoisotopic (exact) mass is 302 g/mol. The standard InChI is InChI=1S/C16H22N4O2/c1-5-17-12(21)8-6-7-11-9-18-14-13(11)15(20-10-19-14)22-16(2,3)4/h6,8-10H,5,7H2,1-4H3,(H,17,21)(H,18,19,20)/b8-6+. The van der Waals surface area contributed by atoms with Gasteiger partial charge in [-0.05, 0) is 45.8 Å². The predicted molar refractivity (Wildman–Crippen MR) is 85.8 cm³/mol. The molecule has 0 aliphatic carbocycles. The van der Waals surface area contributed by atoms with Crippen LogP contribution in [-0.2, 0) is 11.2 Å². The van der Waals surface area contributed by atoms with Crippen LogP contribution in [0.25, 0.3) is 11.0 Å². The lowest BCUT2D eigenvalue weighted by Crippen LogP contribution is -2.23. The van der Waals surface area contributed by atoms with E-state index in [0.29, 0.717) is 18.8 Å². The minimum atomic E-state index is -0.341. The van der Waals surface area contributed by atoms with Crippen LogP contribution in [0.3, 0.4) is 0 Å². The Morgan fingerprint density at radius 3 is 2.86 bits per heavy atom. The number of amides is 1. The van der Waals surface area contributed by atoms with Crippen LogP contribution in [-0.4, -0.2) is 33.0 Å². The number of carbonyl (C=O) groups is 1. The second-order valence-corrected chi connectivity index (χ2v) is 5.93. The topological polar surface area (TPSA) is 79.9 Å². The maximum Gasteiger partial charge on any atom is 0.243 e. The third-order valence-electron chi connectivity index (χ3n) is 2.88. The second-order valence-electron chi connectivity index (χ2n) is 5.93. The number of likely N-dealkylation sites (N-methyl/N-ethyl adjacent to an activating group) is 1. The van der Waals surface area contributed by atoms with Crippen LogP contribution in [0.5, 0.6) is 5.88 Å². The van der Waals surface area contributed by atoms with Crippen LogP contribution >= 0.6 is 0 Å². The van der Waals surface area contributed by atoms with E-state index in [1.54, 1.807) is 0 Å². The highest BCUT2D eigenvalue weighted by molar-refractivity contribution is 5.88. The molecule has 2 aromatic heterocycles. The van der Waals surface area contributed by atoms with Crippen LogP contribution in [0.15, 0.2) is 24.7 Å². The second kappa shape index (κ2) is 6.60. The van der Waals surface area contributed by atoms with Crippen molar-refractivity contribution < 1.29 is 9.53 Å². The summed E-state index contributed by atoms with van der Waals surface area (Å²) < 4.78 is 5.91. The van der Waals surface area contributed by atoms with E-state index in [4.69, 9.17) is 4.74 Å². The number of hydrogen-bond acceptors (Lipinski definition) is 4. The first-order valence-corrected chi connectivity index (χ1v) is 7.35. The van der Waals surface area contributed by atoms with Gasteiger partial charge in [0, 0.05) is 12.7 Å². The lowest BCUT2D eigenvalue weighted by molar-refractivity contribution is -0.116. The molecule has 0 fully saturated rings. The number of aromatic amines is 1. The van der Waals surface area contributed by atoms with Crippen molar-refractivity contribution >= 4 is 16.9 Å². The average molecular weight is 302 g/mol. The summed E-state index contributed by atoms with van der Waals surface area (Å²) in [4.78, 5) is 23.0. The summed E-state index contributed by atoms with van der Waals surface area (Å²) in [7, 11) is 0. The lowest BCUT2D eigenvalue weighted by atomic mass is 10.1. The van der Waals surface area contributed by atoms with E-state index >= 15 is 0 Å². The number of aromatic nitrogens is 3. The molecule has 0 unspecified atom stereocenters. The fourth-order valence-electron chi connectivity index (χ4n) is 2.05. The third kappa shape index (κ3) is 4.07. The Bertz CT molecular complexity index is 683. The molecule has 0 aliphatic rings. The largest absolute Gasteiger partial charge is 0.471 e. The molecule has 2 aromatic rings. The van der Waals surface area contributed by atoms with E-state index in [2.05, 4.69) is 20.3 Å². The molecule has 2 rings (SSSR count). The van der Waals surface area contributed by atoms with Crippen molar-refractivity contribution in [2.45, 2.75) is 39.7 Å². The minimum absolute atomic E-state index is 0.0928. The molecule has 0 aliphatic heterocycles. The van der Waals surface area contributed by atoms with Crippen molar-refractivity contribution in [2.24, 2.45) is 0 Å². The number of H-pyrrole nitrogens is 1. The van der Waals surface area contributed by atoms with Gasteiger partial charge in [-0.15, -0.1) is 0 Å². The van der Waals surface area contributed by atoms with Crippen molar-refractivity contribution in [2.75, 3.05) is 6.54 Å². The van der Waals surface area contributed by atoms with Crippen molar-refractivity contribution in [1.29, 1.82) is 0 Å². The Labute approximate surface area is 130 Å². The van der Waals surface area contributed by atoms with Gasteiger partial charge in [0.25, 0.3) is 0 Å². The quantitative estimate of drug-likeness (QED) is 0.831. The average Bonchev–Trinajstić information content (AvgIpc) is 2.82. The molecule has 118 valence electrons. The van der Waals surface area contributed by atoms with Crippen molar-refractivity contribution in [1.82, 2.24) is 20.3 Å². The van der Waals surface area contributed by atoms with Crippen LogP contribution < -0.4 is 10.1 Å². The van der Waals surface area contributed by atoms with E-state index in [1.807, 2.05) is 40.0 Å². The highest BCUT2D eigenvalue weighted by Gasteiger charge is 2.18. The first-order valence-electron chi connectivity index (χ1n) is 7.35. The molecule has 0 radical (unpaired) electrons. The number of nitrogens with zero attached hydrogens (tertiary/aromatic N) is 2. The molecule has 2 heterocycles. The summed E-state index contributed by atoms with van der Waals surface area (Å²) in [5.74, 6) is 0.463. The smallest absolute Gasteiger partial charge is 0.243 e. The molecular weight excluding hydrogens is 280 g/mol. The van der Waals surface area contributed by atoms with Gasteiger partial charge in [0.05, 0.1) is 5.39 Å². The zero-order valence-corrected chi connectivity index (χ0v) is 13.4. The van der Waals surface area contributed by atoms with Gasteiger partial charge in [0.15, 0.2) is 0 Å². The molecule has 2 N–H and O–H groups in total. The van der Waals surface area contributed by atoms with E-state index in [1.165, 1.54) is 12.4 Å². The van der Waals surface area contributed by atoms with Crippen molar-refractivity contribution in [3.63, 3.8) is 0 Å². The predicted octanol–water partition coefficient (Wildman–Crippen LogP) is 2.37. The van der Waals surface area contributed by atoms with E-state index in [-0.39, 0.29) is 11.5 Å². The molecule has 6 nitrogen and oxygen atoms in total. The normalized spacial score (nSPS) is 12.0. The maximum absolute atomic E-state index is 11.4. The van der Waals surface area contributed by atoms with Gasteiger partial charge in [-0.1, -0.05) is 6.08 Å². The molecule has 22 heavy (non-hydrogen) atoms. The molecule has 0 spiro atoms. The zero-order valence-electron chi connectivity index (χ0n) is 13.4. The van der Waals surface area contributed by atoms with Crippen LogP contribution in [0.4, 0.5) is 0 Å². The molecule has 0 aromatic carbocycles. The first-order chi connectivity index (χ1) is 10.4. The Morgan fingerprint density at radius 2 is 2.18 bits per heavy atom. The SMILES string of the molecule is CCNC(=O)/C=C/Cc1c[nH]c2ncnc(OC(C)(C)C)c12. The molecule has 0 bridgehead atoms. The summed E-state index contributed by atoms with van der Waals surface area (Å²) in [6, 6.07) is 0. The molecule has 1 amide bonds. The fraction of sp³-hybridized carbons (Fsp3) is 0.438. The van der Waals surface area contributed by atoms with Gasteiger partial charge >= 0.3 is 0 Å². The van der Waals surface area contributed by atoms with Crippen molar-refractivity contribution in [3.8, 4) is 5.88 Å². The number of carbonyl (C=O) groups excluding carboxylic acids is 1. The van der Waals surface area contributed by atoms with E-state index in [9.17, 15) is 4.79 Å². The van der Waals surface area contributed by atoms with E-state index < -0.39 is 0 Å². The fourth-order valence-corrected chi connectivity index (χ4v) is 2.05. The maximum atomic E-state index is 11.4. The van der Waals surface area contributed by atoms with Gasteiger partial charge in [-0.2, -0.15) is 0 Å². The molecule has 6 heteroatoms. The first kappa shape index (κ1) is 16.0. The van der Waals surface area contributed by atoms with Crippen LogP contribution in [0, 0.1) is 0 Å². The highest BCUT2D eigenvalue weighted by atomic mass is 16.5. The zero-order chi connectivity index (χ0) is 16.2. The summed E-state index contributed by atoms with van der Waals surface area (Å²) in [6.07, 6.45) is 7.31. The molecular formula is C16H22N4O2. The molecule has 0 saturated heterocycles. The van der Waals surface area contributed by atoms with Gasteiger partial charge in [0.1, 0.15) is 17.6 Å². The van der Waals surface area contributed by atoms with Gasteiger partial charge < -0.3 is 15.0 Å². The summed E-state index contributed by atoms with van der Waals surface area (Å²) in [5, 5.41) is 3.58. The summed E-state index contributed by atoms with van der Waals surface area (Å²) in [6.45, 7) is 8.43. The minimum Gasteiger partial charge on any atom is -0.471 e. The van der Waals surface area contributed by atoms with Crippen LogP contribution in [0.2, 0.25) is 0 Å². The molecule has 0 atom stereocenters. The Hall–Kier alpha value is -2.37.